The fourth-order valence-electron chi connectivity index (χ4n) is 3.83. The summed E-state index contributed by atoms with van der Waals surface area (Å²) < 4.78 is 28.2. The Balaban J connectivity index is 1.75. The summed E-state index contributed by atoms with van der Waals surface area (Å²) >= 11 is 0. The van der Waals surface area contributed by atoms with Crippen LogP contribution in [0.25, 0.3) is 0 Å². The minimum absolute atomic E-state index is 0.102. The summed E-state index contributed by atoms with van der Waals surface area (Å²) in [7, 11) is -3.67. The summed E-state index contributed by atoms with van der Waals surface area (Å²) in [6.45, 7) is 8.05. The number of fused-ring (bicyclic) bond motifs is 1. The first-order chi connectivity index (χ1) is 14.2. The second-order valence-corrected chi connectivity index (χ2v) is 9.62. The molecule has 1 aliphatic rings. The molecule has 0 fully saturated rings. The summed E-state index contributed by atoms with van der Waals surface area (Å²) in [6.07, 6.45) is 2.64. The van der Waals surface area contributed by atoms with Gasteiger partial charge in [-0.1, -0.05) is 38.1 Å². The van der Waals surface area contributed by atoms with E-state index in [9.17, 15) is 18.3 Å². The van der Waals surface area contributed by atoms with E-state index in [1.54, 1.807) is 24.3 Å². The first-order valence-electron chi connectivity index (χ1n) is 10.1. The van der Waals surface area contributed by atoms with Gasteiger partial charge in [0, 0.05) is 18.3 Å². The van der Waals surface area contributed by atoms with Gasteiger partial charge >= 0.3 is 6.09 Å². The number of carboxylic acid groups (broad SMARTS) is 1. The number of amides is 1. The van der Waals surface area contributed by atoms with Crippen molar-refractivity contribution < 1.29 is 18.3 Å². The molecular weight excluding hydrogens is 400 g/mol. The number of rotatable bonds is 7. The molecule has 0 bridgehead atoms. The van der Waals surface area contributed by atoms with E-state index in [0.29, 0.717) is 37.4 Å². The Kier molecular flexibility index (Phi) is 6.51. The molecule has 1 atom stereocenters. The van der Waals surface area contributed by atoms with Crippen LogP contribution in [0.4, 0.5) is 10.5 Å². The predicted molar refractivity (Wildman–Crippen MR) is 119 cm³/mol. The number of aryl methyl sites for hydroxylation is 1. The second kappa shape index (κ2) is 8.92. The topological polar surface area (TPSA) is 86.7 Å². The largest absolute Gasteiger partial charge is 0.465 e. The molecule has 1 amide bonds. The fourth-order valence-corrected chi connectivity index (χ4v) is 4.88. The van der Waals surface area contributed by atoms with E-state index in [1.807, 2.05) is 24.3 Å². The van der Waals surface area contributed by atoms with Gasteiger partial charge in [-0.3, -0.25) is 4.72 Å². The number of benzene rings is 2. The summed E-state index contributed by atoms with van der Waals surface area (Å²) in [4.78, 5) is 13.1. The Labute approximate surface area is 178 Å². The minimum atomic E-state index is -3.67. The maximum Gasteiger partial charge on any atom is 0.407 e. The van der Waals surface area contributed by atoms with Gasteiger partial charge in [-0.15, -0.1) is 6.58 Å². The van der Waals surface area contributed by atoms with E-state index in [4.69, 9.17) is 0 Å². The molecule has 0 saturated heterocycles. The molecule has 1 aliphatic carbocycles. The van der Waals surface area contributed by atoms with Crippen molar-refractivity contribution >= 4 is 21.8 Å². The van der Waals surface area contributed by atoms with Gasteiger partial charge in [0.15, 0.2) is 0 Å². The Morgan fingerprint density at radius 2 is 1.93 bits per heavy atom. The SMILES string of the molecule is C=CCN(C(=O)O)[C@H]1CCc2cc(NS(=O)(=O)c3ccc(C(C)C)cc3)ccc2C1. The highest BCUT2D eigenvalue weighted by molar-refractivity contribution is 7.92. The number of hydrogen-bond acceptors (Lipinski definition) is 3. The van der Waals surface area contributed by atoms with E-state index in [2.05, 4.69) is 25.1 Å². The lowest BCUT2D eigenvalue weighted by molar-refractivity contribution is 0.126. The van der Waals surface area contributed by atoms with Gasteiger partial charge in [-0.25, -0.2) is 13.2 Å². The van der Waals surface area contributed by atoms with Crippen LogP contribution in [0, 0.1) is 0 Å². The van der Waals surface area contributed by atoms with Crippen molar-refractivity contribution in [2.24, 2.45) is 0 Å². The third kappa shape index (κ3) is 4.84. The minimum Gasteiger partial charge on any atom is -0.465 e. The highest BCUT2D eigenvalue weighted by atomic mass is 32.2. The molecule has 0 aromatic heterocycles. The van der Waals surface area contributed by atoms with Gasteiger partial charge < -0.3 is 10.0 Å². The molecule has 3 rings (SSSR count). The number of carbonyl (C=O) groups is 1. The van der Waals surface area contributed by atoms with Crippen LogP contribution in [0.5, 0.6) is 0 Å². The molecule has 2 aromatic carbocycles. The van der Waals surface area contributed by atoms with E-state index in [-0.39, 0.29) is 10.9 Å². The van der Waals surface area contributed by atoms with E-state index >= 15 is 0 Å². The molecule has 0 saturated carbocycles. The quantitative estimate of drug-likeness (QED) is 0.629. The molecule has 0 spiro atoms. The van der Waals surface area contributed by atoms with Crippen LogP contribution < -0.4 is 4.72 Å². The van der Waals surface area contributed by atoms with Crippen LogP contribution >= 0.6 is 0 Å². The fraction of sp³-hybridized carbons (Fsp3) is 0.348. The first kappa shape index (κ1) is 21.9. The van der Waals surface area contributed by atoms with Crippen molar-refractivity contribution in [3.05, 3.63) is 71.8 Å². The Hall–Kier alpha value is -2.80. The van der Waals surface area contributed by atoms with Crippen LogP contribution in [0.1, 0.15) is 42.9 Å². The summed E-state index contributed by atoms with van der Waals surface area (Å²) in [5.41, 5.74) is 3.70. The average Bonchev–Trinajstić information content (AvgIpc) is 2.71. The lowest BCUT2D eigenvalue weighted by Crippen LogP contribution is -2.42. The number of nitrogens with one attached hydrogen (secondary N) is 1. The number of hydrogen-bond donors (Lipinski definition) is 2. The lowest BCUT2D eigenvalue weighted by atomic mass is 9.87. The first-order valence-corrected chi connectivity index (χ1v) is 11.5. The van der Waals surface area contributed by atoms with Gasteiger partial charge in [-0.2, -0.15) is 0 Å². The second-order valence-electron chi connectivity index (χ2n) is 7.93. The monoisotopic (exact) mass is 428 g/mol. The van der Waals surface area contributed by atoms with Crippen molar-refractivity contribution in [3.8, 4) is 0 Å². The highest BCUT2D eigenvalue weighted by Crippen LogP contribution is 2.28. The zero-order valence-electron chi connectivity index (χ0n) is 17.3. The normalized spacial score (nSPS) is 16.0. The summed E-state index contributed by atoms with van der Waals surface area (Å²) in [6, 6.07) is 12.3. The molecule has 0 unspecified atom stereocenters. The van der Waals surface area contributed by atoms with Crippen molar-refractivity contribution in [1.82, 2.24) is 4.90 Å². The zero-order chi connectivity index (χ0) is 21.9. The van der Waals surface area contributed by atoms with Crippen molar-refractivity contribution in [1.29, 1.82) is 0 Å². The Morgan fingerprint density at radius 1 is 1.23 bits per heavy atom. The van der Waals surface area contributed by atoms with Gasteiger partial charge in [0.25, 0.3) is 10.0 Å². The molecule has 0 aliphatic heterocycles. The number of anilines is 1. The molecule has 2 N–H and O–H groups in total. The van der Waals surface area contributed by atoms with E-state index < -0.39 is 16.1 Å². The molecule has 0 radical (unpaired) electrons. The summed E-state index contributed by atoms with van der Waals surface area (Å²) in [5.74, 6) is 0.336. The smallest absolute Gasteiger partial charge is 0.407 e. The van der Waals surface area contributed by atoms with Crippen molar-refractivity contribution in [3.63, 3.8) is 0 Å². The molecule has 30 heavy (non-hydrogen) atoms. The lowest BCUT2D eigenvalue weighted by Gasteiger charge is -2.32. The zero-order valence-corrected chi connectivity index (χ0v) is 18.2. The van der Waals surface area contributed by atoms with Gasteiger partial charge in [0.05, 0.1) is 4.90 Å². The molecule has 160 valence electrons. The van der Waals surface area contributed by atoms with Crippen LogP contribution in [0.2, 0.25) is 0 Å². The third-order valence-electron chi connectivity index (χ3n) is 5.53. The highest BCUT2D eigenvalue weighted by Gasteiger charge is 2.27. The summed E-state index contributed by atoms with van der Waals surface area (Å²) in [5, 5.41) is 9.43. The molecule has 2 aromatic rings. The third-order valence-corrected chi connectivity index (χ3v) is 6.93. The van der Waals surface area contributed by atoms with Gasteiger partial charge in [0.1, 0.15) is 0 Å². The van der Waals surface area contributed by atoms with Gasteiger partial charge in [0.2, 0.25) is 0 Å². The van der Waals surface area contributed by atoms with Crippen LogP contribution in [-0.2, 0) is 22.9 Å². The van der Waals surface area contributed by atoms with Crippen molar-refractivity contribution in [2.45, 2.75) is 50.0 Å². The Morgan fingerprint density at radius 3 is 2.53 bits per heavy atom. The Bertz CT molecular complexity index is 1030. The molecule has 6 nitrogen and oxygen atoms in total. The predicted octanol–water partition coefficient (Wildman–Crippen LogP) is 4.63. The number of sulfonamides is 1. The standard InChI is InChI=1S/C23H28N2O4S/c1-4-13-25(23(26)27)21-10-6-18-14-20(9-5-19(18)15-21)24-30(28,29)22-11-7-17(8-12-22)16(2)3/h4-5,7-9,11-12,14,16,21,24H,1,6,10,13,15H2,2-3H3,(H,26,27)/t21-/m0/s1. The average molecular weight is 429 g/mol. The molecular formula is C23H28N2O4S. The molecule has 7 heteroatoms. The van der Waals surface area contributed by atoms with Crippen LogP contribution in [0.3, 0.4) is 0 Å². The maximum absolute atomic E-state index is 12.7. The maximum atomic E-state index is 12.7. The van der Waals surface area contributed by atoms with E-state index in [1.165, 1.54) is 4.90 Å². The van der Waals surface area contributed by atoms with Gasteiger partial charge in [-0.05, 0) is 66.1 Å². The van der Waals surface area contributed by atoms with Crippen LogP contribution in [0.15, 0.2) is 60.0 Å². The van der Waals surface area contributed by atoms with Crippen LogP contribution in [-0.4, -0.2) is 37.1 Å². The van der Waals surface area contributed by atoms with Crippen molar-refractivity contribution in [2.75, 3.05) is 11.3 Å². The number of nitrogens with zero attached hydrogens (tertiary/aromatic N) is 1. The van der Waals surface area contributed by atoms with E-state index in [0.717, 1.165) is 16.7 Å². The molecule has 0 heterocycles.